The topological polar surface area (TPSA) is 42.1 Å². The molecular formula is C10H8FNO2. The minimum atomic E-state index is -0.786. The first kappa shape index (κ1) is 8.74. The summed E-state index contributed by atoms with van der Waals surface area (Å²) in [7, 11) is 1.49. The molecule has 0 aliphatic carbocycles. The third-order valence-electron chi connectivity index (χ3n) is 2.04. The van der Waals surface area contributed by atoms with Crippen molar-refractivity contribution in [3.05, 3.63) is 40.4 Å². The lowest BCUT2D eigenvalue weighted by Gasteiger charge is -2.01. The van der Waals surface area contributed by atoms with Gasteiger partial charge in [0.05, 0.1) is 12.5 Å². The largest absolute Gasteiger partial charge is 0.497 e. The number of rotatable bonds is 1. The van der Waals surface area contributed by atoms with E-state index in [0.717, 1.165) is 6.20 Å². The monoisotopic (exact) mass is 193 g/mol. The second-order valence-corrected chi connectivity index (χ2v) is 2.88. The number of fused-ring (bicyclic) bond motifs is 1. The summed E-state index contributed by atoms with van der Waals surface area (Å²) in [4.78, 5) is 14.0. The van der Waals surface area contributed by atoms with Crippen LogP contribution in [0, 0.1) is 5.82 Å². The molecule has 14 heavy (non-hydrogen) atoms. The summed E-state index contributed by atoms with van der Waals surface area (Å²) < 4.78 is 17.8. The number of methoxy groups -OCH3 is 1. The first-order valence-electron chi connectivity index (χ1n) is 4.07. The van der Waals surface area contributed by atoms with E-state index in [2.05, 4.69) is 4.98 Å². The van der Waals surface area contributed by atoms with Gasteiger partial charge in [0.15, 0.2) is 5.82 Å². The lowest BCUT2D eigenvalue weighted by atomic mass is 10.2. The van der Waals surface area contributed by atoms with Crippen LogP contribution in [0.5, 0.6) is 5.75 Å². The number of nitrogens with one attached hydrogen (secondary N) is 1. The van der Waals surface area contributed by atoms with E-state index in [1.165, 1.54) is 13.2 Å². The van der Waals surface area contributed by atoms with Gasteiger partial charge in [-0.05, 0) is 18.2 Å². The highest BCUT2D eigenvalue weighted by molar-refractivity contribution is 5.79. The molecule has 0 radical (unpaired) electrons. The molecule has 0 bridgehead atoms. The summed E-state index contributed by atoms with van der Waals surface area (Å²) in [6.45, 7) is 0. The summed E-state index contributed by atoms with van der Waals surface area (Å²) in [6.07, 6.45) is 1.05. The molecule has 0 amide bonds. The van der Waals surface area contributed by atoms with Crippen molar-refractivity contribution in [1.29, 1.82) is 0 Å². The minimum Gasteiger partial charge on any atom is -0.497 e. The number of hydrogen-bond donors (Lipinski definition) is 1. The molecule has 4 heteroatoms. The van der Waals surface area contributed by atoms with Gasteiger partial charge in [0.25, 0.3) is 0 Å². The zero-order valence-corrected chi connectivity index (χ0v) is 7.50. The predicted octanol–water partition coefficient (Wildman–Crippen LogP) is 1.68. The maximum atomic E-state index is 12.9. The lowest BCUT2D eigenvalue weighted by Crippen LogP contribution is -2.07. The highest BCUT2D eigenvalue weighted by Crippen LogP contribution is 2.16. The third kappa shape index (κ3) is 1.25. The van der Waals surface area contributed by atoms with E-state index < -0.39 is 11.2 Å². The minimum absolute atomic E-state index is 0.296. The number of hydrogen-bond acceptors (Lipinski definition) is 2. The van der Waals surface area contributed by atoms with E-state index in [1.54, 1.807) is 12.1 Å². The van der Waals surface area contributed by atoms with Crippen LogP contribution in [0.4, 0.5) is 4.39 Å². The highest BCUT2D eigenvalue weighted by Gasteiger charge is 2.04. The molecule has 0 unspecified atom stereocenters. The van der Waals surface area contributed by atoms with Crippen molar-refractivity contribution in [2.75, 3.05) is 7.11 Å². The van der Waals surface area contributed by atoms with Crippen molar-refractivity contribution in [2.24, 2.45) is 0 Å². The van der Waals surface area contributed by atoms with Gasteiger partial charge in [-0.2, -0.15) is 0 Å². The average Bonchev–Trinajstić information content (AvgIpc) is 2.23. The predicted molar refractivity (Wildman–Crippen MR) is 51.1 cm³/mol. The van der Waals surface area contributed by atoms with Gasteiger partial charge in [0, 0.05) is 11.7 Å². The Bertz CT molecular complexity index is 533. The average molecular weight is 193 g/mol. The van der Waals surface area contributed by atoms with Crippen LogP contribution >= 0.6 is 0 Å². The molecule has 2 rings (SSSR count). The van der Waals surface area contributed by atoms with Crippen molar-refractivity contribution in [3.63, 3.8) is 0 Å². The quantitative estimate of drug-likeness (QED) is 0.748. The summed E-state index contributed by atoms with van der Waals surface area (Å²) >= 11 is 0. The van der Waals surface area contributed by atoms with Gasteiger partial charge in [-0.15, -0.1) is 0 Å². The molecule has 0 saturated carbocycles. The number of ether oxygens (including phenoxy) is 1. The fourth-order valence-electron chi connectivity index (χ4n) is 1.30. The fourth-order valence-corrected chi connectivity index (χ4v) is 1.30. The van der Waals surface area contributed by atoms with Crippen LogP contribution in [0.1, 0.15) is 0 Å². The zero-order chi connectivity index (χ0) is 10.1. The van der Waals surface area contributed by atoms with Gasteiger partial charge in [-0.1, -0.05) is 0 Å². The molecule has 1 aromatic heterocycles. The summed E-state index contributed by atoms with van der Waals surface area (Å²) in [5.74, 6) is -0.251. The Morgan fingerprint density at radius 3 is 2.93 bits per heavy atom. The first-order chi connectivity index (χ1) is 6.72. The van der Waals surface area contributed by atoms with Gasteiger partial charge < -0.3 is 9.72 Å². The Hall–Kier alpha value is -1.84. The molecule has 0 spiro atoms. The Morgan fingerprint density at radius 1 is 1.43 bits per heavy atom. The number of aromatic amines is 1. The van der Waals surface area contributed by atoms with E-state index in [9.17, 15) is 9.18 Å². The molecule has 0 saturated heterocycles. The molecule has 1 heterocycles. The Balaban J connectivity index is 2.85. The van der Waals surface area contributed by atoms with Crippen molar-refractivity contribution in [3.8, 4) is 5.75 Å². The molecule has 0 aliphatic rings. The van der Waals surface area contributed by atoms with Gasteiger partial charge >= 0.3 is 0 Å². The summed E-state index contributed by atoms with van der Waals surface area (Å²) in [5, 5.41) is 0.296. The van der Waals surface area contributed by atoms with E-state index in [0.29, 0.717) is 16.7 Å². The second-order valence-electron chi connectivity index (χ2n) is 2.88. The number of H-pyrrole nitrogens is 1. The van der Waals surface area contributed by atoms with Crippen molar-refractivity contribution in [1.82, 2.24) is 4.98 Å². The SMILES string of the molecule is COc1ccc2[nH]cc(F)c(=O)c2c1. The van der Waals surface area contributed by atoms with Crippen LogP contribution in [0.25, 0.3) is 10.9 Å². The van der Waals surface area contributed by atoms with Gasteiger partial charge in [0.2, 0.25) is 5.43 Å². The van der Waals surface area contributed by atoms with E-state index in [1.807, 2.05) is 0 Å². The second kappa shape index (κ2) is 3.14. The smallest absolute Gasteiger partial charge is 0.225 e. The van der Waals surface area contributed by atoms with Crippen LogP contribution in [-0.4, -0.2) is 12.1 Å². The molecule has 1 N–H and O–H groups in total. The normalized spacial score (nSPS) is 10.4. The molecule has 1 aromatic carbocycles. The lowest BCUT2D eigenvalue weighted by molar-refractivity contribution is 0.415. The van der Waals surface area contributed by atoms with Gasteiger partial charge in [0.1, 0.15) is 5.75 Å². The molecule has 72 valence electrons. The van der Waals surface area contributed by atoms with Crippen LogP contribution in [0.15, 0.2) is 29.2 Å². The first-order valence-corrected chi connectivity index (χ1v) is 4.07. The molecular weight excluding hydrogens is 185 g/mol. The fraction of sp³-hybridized carbons (Fsp3) is 0.100. The number of aromatic nitrogens is 1. The number of benzene rings is 1. The Labute approximate surface area is 79.1 Å². The summed E-state index contributed by atoms with van der Waals surface area (Å²) in [5.41, 5.74) is -0.0187. The van der Waals surface area contributed by atoms with Crippen LogP contribution < -0.4 is 10.2 Å². The molecule has 0 atom stereocenters. The van der Waals surface area contributed by atoms with Crippen LogP contribution in [0.2, 0.25) is 0 Å². The Morgan fingerprint density at radius 2 is 2.21 bits per heavy atom. The molecule has 3 nitrogen and oxygen atoms in total. The maximum absolute atomic E-state index is 12.9. The van der Waals surface area contributed by atoms with E-state index in [-0.39, 0.29) is 0 Å². The van der Waals surface area contributed by atoms with E-state index in [4.69, 9.17) is 4.74 Å². The third-order valence-corrected chi connectivity index (χ3v) is 2.04. The molecule has 2 aromatic rings. The number of pyridine rings is 1. The van der Waals surface area contributed by atoms with Gasteiger partial charge in [-0.3, -0.25) is 4.79 Å². The maximum Gasteiger partial charge on any atom is 0.225 e. The Kier molecular flexibility index (Phi) is 1.96. The standard InChI is InChI=1S/C10H8FNO2/c1-14-6-2-3-9-7(4-6)10(13)8(11)5-12-9/h2-5H,1H3,(H,12,13). The van der Waals surface area contributed by atoms with Crippen molar-refractivity contribution in [2.45, 2.75) is 0 Å². The van der Waals surface area contributed by atoms with E-state index >= 15 is 0 Å². The summed E-state index contributed by atoms with van der Waals surface area (Å²) in [6, 6.07) is 4.89. The molecule has 0 fully saturated rings. The van der Waals surface area contributed by atoms with Crippen molar-refractivity contribution < 1.29 is 9.13 Å². The molecule has 0 aliphatic heterocycles. The van der Waals surface area contributed by atoms with Crippen LogP contribution in [-0.2, 0) is 0 Å². The highest BCUT2D eigenvalue weighted by atomic mass is 19.1. The van der Waals surface area contributed by atoms with Crippen LogP contribution in [0.3, 0.4) is 0 Å². The van der Waals surface area contributed by atoms with Gasteiger partial charge in [-0.25, -0.2) is 4.39 Å². The zero-order valence-electron chi connectivity index (χ0n) is 7.50. The number of halogens is 1. The van der Waals surface area contributed by atoms with Crippen molar-refractivity contribution >= 4 is 10.9 Å².